The van der Waals surface area contributed by atoms with Crippen LogP contribution in [-0.2, 0) is 28.8 Å². The minimum Gasteiger partial charge on any atom is -0.356 e. The first-order valence-electron chi connectivity index (χ1n) is 25.2. The molecular formula is C54H79N11O8. The molecule has 2 fully saturated rings. The second-order valence-electron chi connectivity index (χ2n) is 22.0. The van der Waals surface area contributed by atoms with Crippen LogP contribution in [-0.4, -0.2) is 138 Å². The molecule has 0 bridgehead atoms. The number of likely N-dealkylation sites (N-methyl/N-ethyl adjacent to an activating group) is 2. The molecule has 2 saturated heterocycles. The van der Waals surface area contributed by atoms with Gasteiger partial charge in [0, 0.05) is 31.4 Å². The lowest BCUT2D eigenvalue weighted by molar-refractivity contribution is -0.144. The maximum absolute atomic E-state index is 14.5. The van der Waals surface area contributed by atoms with E-state index in [9.17, 15) is 38.4 Å². The van der Waals surface area contributed by atoms with Crippen molar-refractivity contribution >= 4 is 47.3 Å². The lowest BCUT2D eigenvalue weighted by atomic mass is 9.85. The molecule has 19 heteroatoms. The lowest BCUT2D eigenvalue weighted by Crippen LogP contribution is -2.59. The molecule has 8 amide bonds. The van der Waals surface area contributed by atoms with E-state index >= 15 is 0 Å². The SMILES string of the molecule is CN[C@@H](C)C(=O)N[C@H](C(=O)N1C[C@@H](NC(=O)c2c[nH]c(C(=O)N[C@H]3C[C@@H](C(=O)N[C@H](C)c4ccc(C)cc4)N(C(=O)[C@@H](NC(=O)[C@H](C)NC)C(C)(C)C)C3)c2)C[C@H]1C(=O)N[C@H](C)c1ccc(C)cc1)C(C)(C)C. The van der Waals surface area contributed by atoms with E-state index in [0.717, 1.165) is 22.3 Å². The van der Waals surface area contributed by atoms with Crippen molar-refractivity contribution in [1.29, 1.82) is 0 Å². The molecule has 19 nitrogen and oxygen atoms in total. The molecule has 0 unspecified atom stereocenters. The molecule has 0 spiro atoms. The van der Waals surface area contributed by atoms with Crippen LogP contribution in [0.2, 0.25) is 0 Å². The molecule has 10 atom stereocenters. The van der Waals surface area contributed by atoms with Crippen molar-refractivity contribution in [3.05, 3.63) is 94.3 Å². The number of carbonyl (C=O) groups excluding carboxylic acids is 8. The van der Waals surface area contributed by atoms with Gasteiger partial charge >= 0.3 is 0 Å². The second kappa shape index (κ2) is 24.0. The van der Waals surface area contributed by atoms with Crippen molar-refractivity contribution in [2.45, 2.75) is 156 Å². The number of aryl methyl sites for hydroxylation is 2. The molecule has 398 valence electrons. The Hall–Kier alpha value is -6.60. The molecule has 0 aliphatic carbocycles. The zero-order chi connectivity index (χ0) is 54.3. The summed E-state index contributed by atoms with van der Waals surface area (Å²) in [6, 6.07) is 9.47. The summed E-state index contributed by atoms with van der Waals surface area (Å²) in [5.74, 6) is -3.72. The van der Waals surface area contributed by atoms with E-state index in [1.165, 1.54) is 22.1 Å². The molecule has 73 heavy (non-hydrogen) atoms. The Kier molecular flexibility index (Phi) is 18.8. The van der Waals surface area contributed by atoms with Crippen LogP contribution >= 0.6 is 0 Å². The largest absolute Gasteiger partial charge is 0.356 e. The number of nitrogens with zero attached hydrogens (tertiary/aromatic N) is 2. The molecule has 0 radical (unpaired) electrons. The van der Waals surface area contributed by atoms with Gasteiger partial charge in [-0.15, -0.1) is 0 Å². The molecule has 2 aromatic carbocycles. The average molecular weight is 1010 g/mol. The average Bonchev–Trinajstić information content (AvgIpc) is 4.11. The maximum atomic E-state index is 14.5. The van der Waals surface area contributed by atoms with Gasteiger partial charge in [-0.1, -0.05) is 101 Å². The van der Waals surface area contributed by atoms with Crippen molar-refractivity contribution in [3.8, 4) is 0 Å². The van der Waals surface area contributed by atoms with Crippen molar-refractivity contribution < 1.29 is 38.4 Å². The standard InChI is InChI=1S/C54H79N11O8/c1-29-15-19-35(20-16-29)31(3)58-49(70)41-24-38(27-64(41)51(72)43(53(7,8)9)62-45(66)33(5)55-13)60-47(68)37-23-40(57-26-37)48(69)61-39-25-42(50(71)59-32(4)36-21-17-30(2)18-22-36)65(28-39)52(73)44(54(10,11)12)63-46(67)34(6)56-14/h15-23,26,31-34,38-39,41-44,55-57H,24-25,27-28H2,1-14H3,(H,58,70)(H,59,71)(H,60,68)(H,61,69)(H,62,66)(H,63,67)/t31-,32-,33+,34+,38+,39+,41+,42+,43-,44-/m1/s1. The van der Waals surface area contributed by atoms with Crippen molar-refractivity contribution in [1.82, 2.24) is 57.3 Å². The van der Waals surface area contributed by atoms with Gasteiger partial charge in [-0.2, -0.15) is 0 Å². The van der Waals surface area contributed by atoms with Crippen LogP contribution in [0.1, 0.15) is 137 Å². The summed E-state index contributed by atoms with van der Waals surface area (Å²) in [4.78, 5) is 117. The monoisotopic (exact) mass is 1010 g/mol. The van der Waals surface area contributed by atoms with Crippen LogP contribution in [0.3, 0.4) is 0 Å². The summed E-state index contributed by atoms with van der Waals surface area (Å²) in [6.07, 6.45) is 1.52. The van der Waals surface area contributed by atoms with Crippen LogP contribution in [0.5, 0.6) is 0 Å². The quantitative estimate of drug-likeness (QED) is 0.0901. The number of aromatic nitrogens is 1. The van der Waals surface area contributed by atoms with Gasteiger partial charge in [0.05, 0.1) is 29.7 Å². The summed E-state index contributed by atoms with van der Waals surface area (Å²) in [5, 5.41) is 23.5. The van der Waals surface area contributed by atoms with Gasteiger partial charge < -0.3 is 57.3 Å². The third-order valence-electron chi connectivity index (χ3n) is 14.0. The first kappa shape index (κ1) is 57.3. The minimum absolute atomic E-state index is 0.0346. The maximum Gasteiger partial charge on any atom is 0.267 e. The Morgan fingerprint density at radius 2 is 0.932 bits per heavy atom. The third-order valence-corrected chi connectivity index (χ3v) is 14.0. The first-order chi connectivity index (χ1) is 34.1. The summed E-state index contributed by atoms with van der Waals surface area (Å²) in [7, 11) is 3.28. The molecule has 0 saturated carbocycles. The fraction of sp³-hybridized carbons (Fsp3) is 0.556. The molecule has 3 heterocycles. The molecule has 3 aromatic rings. The van der Waals surface area contributed by atoms with Crippen LogP contribution in [0, 0.1) is 24.7 Å². The molecule has 2 aliphatic rings. The zero-order valence-corrected chi connectivity index (χ0v) is 45.0. The van der Waals surface area contributed by atoms with Crippen LogP contribution in [0.15, 0.2) is 60.8 Å². The highest BCUT2D eigenvalue weighted by molar-refractivity contribution is 6.00. The van der Waals surface area contributed by atoms with Crippen molar-refractivity contribution in [3.63, 3.8) is 0 Å². The third kappa shape index (κ3) is 14.6. The zero-order valence-electron chi connectivity index (χ0n) is 45.0. The number of likely N-dealkylation sites (tertiary alicyclic amines) is 2. The van der Waals surface area contributed by atoms with Crippen LogP contribution in [0.25, 0.3) is 0 Å². The van der Waals surface area contributed by atoms with E-state index in [1.54, 1.807) is 27.9 Å². The number of hydrogen-bond acceptors (Lipinski definition) is 10. The number of benzene rings is 2. The summed E-state index contributed by atoms with van der Waals surface area (Å²) < 4.78 is 0. The highest BCUT2D eigenvalue weighted by Crippen LogP contribution is 2.29. The minimum atomic E-state index is -1.01. The summed E-state index contributed by atoms with van der Waals surface area (Å²) in [6.45, 7) is 21.9. The van der Waals surface area contributed by atoms with Gasteiger partial charge in [0.25, 0.3) is 11.8 Å². The predicted molar refractivity (Wildman–Crippen MR) is 279 cm³/mol. The van der Waals surface area contributed by atoms with Gasteiger partial charge in [0.1, 0.15) is 29.9 Å². The lowest BCUT2D eigenvalue weighted by Gasteiger charge is -2.36. The fourth-order valence-electron chi connectivity index (χ4n) is 8.98. The smallest absolute Gasteiger partial charge is 0.267 e. The molecule has 5 rings (SSSR count). The number of rotatable bonds is 18. The Morgan fingerprint density at radius 1 is 0.562 bits per heavy atom. The Morgan fingerprint density at radius 3 is 1.29 bits per heavy atom. The van der Waals surface area contributed by atoms with E-state index in [-0.39, 0.29) is 49.0 Å². The number of amides is 8. The van der Waals surface area contributed by atoms with Crippen molar-refractivity contribution in [2.75, 3.05) is 27.2 Å². The Balaban J connectivity index is 1.34. The second-order valence-corrected chi connectivity index (χ2v) is 22.0. The highest BCUT2D eigenvalue weighted by atomic mass is 16.2. The van der Waals surface area contributed by atoms with E-state index in [2.05, 4.69) is 47.5 Å². The van der Waals surface area contributed by atoms with Gasteiger partial charge in [0.15, 0.2) is 0 Å². The van der Waals surface area contributed by atoms with Crippen LogP contribution in [0.4, 0.5) is 0 Å². The van der Waals surface area contributed by atoms with Gasteiger partial charge in [-0.25, -0.2) is 0 Å². The van der Waals surface area contributed by atoms with Gasteiger partial charge in [0.2, 0.25) is 35.4 Å². The predicted octanol–water partition coefficient (Wildman–Crippen LogP) is 3.06. The van der Waals surface area contributed by atoms with E-state index in [1.807, 2.05) is 118 Å². The molecule has 9 N–H and O–H groups in total. The summed E-state index contributed by atoms with van der Waals surface area (Å²) in [5.41, 5.74) is 2.50. The highest BCUT2D eigenvalue weighted by Gasteiger charge is 2.48. The van der Waals surface area contributed by atoms with E-state index in [0.29, 0.717) is 0 Å². The molecular weight excluding hydrogens is 931 g/mol. The normalized spacial score (nSPS) is 20.4. The molecule has 2 aliphatic heterocycles. The van der Waals surface area contributed by atoms with Crippen LogP contribution < -0.4 is 42.5 Å². The fourth-order valence-corrected chi connectivity index (χ4v) is 8.98. The number of hydrogen-bond donors (Lipinski definition) is 9. The Bertz CT molecular complexity index is 2310. The van der Waals surface area contributed by atoms with Gasteiger partial charge in [-0.05, 0) is 96.5 Å². The first-order valence-corrected chi connectivity index (χ1v) is 25.2. The van der Waals surface area contributed by atoms with Crippen molar-refractivity contribution in [2.24, 2.45) is 10.8 Å². The number of carbonyl (C=O) groups is 8. The number of nitrogens with one attached hydrogen (secondary N) is 9. The number of H-pyrrole nitrogens is 1. The van der Waals surface area contributed by atoms with Gasteiger partial charge in [-0.3, -0.25) is 38.4 Å². The van der Waals surface area contributed by atoms with E-state index < -0.39 is 107 Å². The molecule has 1 aromatic heterocycles. The number of aromatic amines is 1. The summed E-state index contributed by atoms with van der Waals surface area (Å²) >= 11 is 0. The Labute approximate surface area is 430 Å². The topological polar surface area (TPSA) is 255 Å². The van der Waals surface area contributed by atoms with E-state index in [4.69, 9.17) is 0 Å².